The number of hydrogen-bond acceptors (Lipinski definition) is 5. The van der Waals surface area contributed by atoms with Gasteiger partial charge in [0.15, 0.2) is 0 Å². The number of aromatic nitrogens is 1. The van der Waals surface area contributed by atoms with Crippen LogP contribution in [0.4, 0.5) is 13.2 Å². The third-order valence-electron chi connectivity index (χ3n) is 9.72. The van der Waals surface area contributed by atoms with Crippen LogP contribution in [0.25, 0.3) is 44.6 Å². The summed E-state index contributed by atoms with van der Waals surface area (Å²) >= 11 is 1.42. The number of rotatable bonds is 5. The van der Waals surface area contributed by atoms with Crippen molar-refractivity contribution in [1.82, 2.24) is 4.57 Å². The van der Waals surface area contributed by atoms with E-state index in [-0.39, 0.29) is 25.5 Å². The summed E-state index contributed by atoms with van der Waals surface area (Å²) < 4.78 is 55.9. The van der Waals surface area contributed by atoms with Crippen molar-refractivity contribution in [2.45, 2.75) is 31.0 Å². The molecule has 0 radical (unpaired) electrons. The Morgan fingerprint density at radius 3 is 2.17 bits per heavy atom. The number of fused-ring (bicyclic) bond motifs is 5. The van der Waals surface area contributed by atoms with E-state index in [4.69, 9.17) is 4.74 Å². The van der Waals surface area contributed by atoms with Gasteiger partial charge in [-0.2, -0.15) is 10.5 Å². The molecule has 5 heterocycles. The number of benzene rings is 3. The van der Waals surface area contributed by atoms with Crippen molar-refractivity contribution in [3.05, 3.63) is 150 Å². The van der Waals surface area contributed by atoms with Gasteiger partial charge in [-0.15, -0.1) is 0 Å². The van der Waals surface area contributed by atoms with Crippen molar-refractivity contribution in [2.75, 3.05) is 0 Å². The first-order valence-corrected chi connectivity index (χ1v) is 18.7. The van der Waals surface area contributed by atoms with Crippen LogP contribution in [0.2, 0.25) is 0 Å². The molecule has 0 saturated carbocycles. The fourth-order valence-electron chi connectivity index (χ4n) is 7.29. The number of nitriles is 3. The van der Waals surface area contributed by atoms with E-state index in [1.165, 1.54) is 89.7 Å². The van der Waals surface area contributed by atoms with E-state index in [1.54, 1.807) is 30.3 Å². The number of allylic oxidation sites excluding steroid dienone is 2. The van der Waals surface area contributed by atoms with Crippen LogP contribution in [0.1, 0.15) is 44.7 Å². The molecule has 1 atom stereocenters. The summed E-state index contributed by atoms with van der Waals surface area (Å²) in [4.78, 5) is 1.55. The SMILES string of the molecule is CC1(C)c2cc(/C=C/c3ccc(/C=C/C4=C(C#N)C(=C(C#N)C#N)OC4(c4ccccc4)C(F)(F)F)s3)[se]c2-n2c3ccccc3c3cccc1c32. The fourth-order valence-corrected chi connectivity index (χ4v) is 10.7. The van der Waals surface area contributed by atoms with E-state index in [0.29, 0.717) is 4.88 Å². The number of hydrogen-bond donors (Lipinski definition) is 0. The number of nitrogens with zero attached hydrogens (tertiary/aromatic N) is 4. The Hall–Kier alpha value is -5.82. The van der Waals surface area contributed by atoms with E-state index in [2.05, 4.69) is 73.0 Å². The molecule has 3 aromatic carbocycles. The Bertz CT molecular complexity index is 2700. The normalized spacial score (nSPS) is 17.8. The van der Waals surface area contributed by atoms with Crippen LogP contribution < -0.4 is 0 Å². The van der Waals surface area contributed by atoms with Gasteiger partial charge in [0.2, 0.25) is 0 Å². The molecule has 0 saturated heterocycles. The first-order valence-electron chi connectivity index (χ1n) is 16.2. The minimum absolute atomic E-state index is 0.0310. The fraction of sp³-hybridized carbons (Fsp3) is 0.119. The molecular weight excluding hydrogens is 745 g/mol. The van der Waals surface area contributed by atoms with Crippen LogP contribution >= 0.6 is 11.3 Å². The van der Waals surface area contributed by atoms with Crippen molar-refractivity contribution >= 4 is 65.9 Å². The second-order valence-electron chi connectivity index (χ2n) is 12.9. The molecule has 2 aliphatic rings. The number of ether oxygens (including phenoxy) is 1. The zero-order valence-electron chi connectivity index (χ0n) is 27.6. The van der Waals surface area contributed by atoms with Crippen LogP contribution in [-0.4, -0.2) is 25.2 Å². The molecule has 0 spiro atoms. The molecule has 2 aliphatic heterocycles. The standard InChI is InChI=1S/C42H25F3N4OSSe/c1-40(2)34-13-8-12-31-30-11-6-7-14-36(30)49(37(31)34)39-35(40)21-29(52-39)19-17-27-15-16-28(51-27)18-20-33-32(24-48)38(25(22-46)23-47)50-41(33,42(43,44)45)26-9-4-3-5-10-26/h3-21H,1-2H3/b19-17+,20-18+. The monoisotopic (exact) mass is 770 g/mol. The third kappa shape index (κ3) is 4.86. The average Bonchev–Trinajstić information content (AvgIpc) is 3.92. The summed E-state index contributed by atoms with van der Waals surface area (Å²) in [6, 6.07) is 32.9. The van der Waals surface area contributed by atoms with Crippen molar-refractivity contribution in [3.8, 4) is 22.8 Å². The molecule has 6 aromatic rings. The number of alkyl halides is 3. The molecule has 0 amide bonds. The number of thiophene rings is 1. The van der Waals surface area contributed by atoms with Gasteiger partial charge in [-0.3, -0.25) is 0 Å². The summed E-state index contributed by atoms with van der Waals surface area (Å²) in [5.74, 6) is -0.689. The summed E-state index contributed by atoms with van der Waals surface area (Å²) in [5, 5.41) is 31.6. The Labute approximate surface area is 307 Å². The molecule has 0 aliphatic carbocycles. The third-order valence-corrected chi connectivity index (χ3v) is 13.0. The molecule has 8 rings (SSSR count). The van der Waals surface area contributed by atoms with Gasteiger partial charge < -0.3 is 0 Å². The zero-order valence-corrected chi connectivity index (χ0v) is 30.1. The Morgan fingerprint density at radius 1 is 0.808 bits per heavy atom. The molecule has 0 bridgehead atoms. The van der Waals surface area contributed by atoms with Gasteiger partial charge in [-0.05, 0) is 0 Å². The second kappa shape index (κ2) is 12.2. The predicted molar refractivity (Wildman–Crippen MR) is 198 cm³/mol. The Morgan fingerprint density at radius 2 is 1.48 bits per heavy atom. The maximum atomic E-state index is 15.1. The molecule has 52 heavy (non-hydrogen) atoms. The number of halogens is 3. The molecule has 5 nitrogen and oxygen atoms in total. The predicted octanol–water partition coefficient (Wildman–Crippen LogP) is 10.3. The minimum atomic E-state index is -5.05. The summed E-state index contributed by atoms with van der Waals surface area (Å²) in [7, 11) is 0. The molecule has 10 heteroatoms. The number of para-hydroxylation sites is 2. The Kier molecular flexibility index (Phi) is 7.79. The van der Waals surface area contributed by atoms with Crippen LogP contribution in [0, 0.1) is 34.0 Å². The zero-order chi connectivity index (χ0) is 36.4. The van der Waals surface area contributed by atoms with Gasteiger partial charge in [-0.1, -0.05) is 18.2 Å². The van der Waals surface area contributed by atoms with Gasteiger partial charge >= 0.3 is 268 Å². The van der Waals surface area contributed by atoms with Crippen LogP contribution in [0.3, 0.4) is 0 Å². The van der Waals surface area contributed by atoms with E-state index >= 15 is 13.2 Å². The van der Waals surface area contributed by atoms with Crippen molar-refractivity contribution < 1.29 is 17.9 Å². The quantitative estimate of drug-likeness (QED) is 0.129. The molecular formula is C42H25F3N4OSSe. The Balaban J connectivity index is 1.16. The van der Waals surface area contributed by atoms with E-state index in [0.717, 1.165) is 4.88 Å². The van der Waals surface area contributed by atoms with Crippen LogP contribution in [0.5, 0.6) is 0 Å². The molecule has 252 valence electrons. The second-order valence-corrected chi connectivity index (χ2v) is 16.3. The van der Waals surface area contributed by atoms with Gasteiger partial charge in [0.05, 0.1) is 0 Å². The van der Waals surface area contributed by atoms with Crippen molar-refractivity contribution in [2.24, 2.45) is 0 Å². The molecule has 1 unspecified atom stereocenters. The van der Waals surface area contributed by atoms with Gasteiger partial charge in [0.25, 0.3) is 0 Å². The average molecular weight is 770 g/mol. The van der Waals surface area contributed by atoms with Crippen molar-refractivity contribution in [3.63, 3.8) is 0 Å². The van der Waals surface area contributed by atoms with Gasteiger partial charge in [-0.25, -0.2) is 0 Å². The van der Waals surface area contributed by atoms with Crippen LogP contribution in [-0.2, 0) is 15.8 Å². The summed E-state index contributed by atoms with van der Waals surface area (Å²) in [5.41, 5.74) is -0.213. The van der Waals surface area contributed by atoms with Gasteiger partial charge in [0.1, 0.15) is 12.1 Å². The van der Waals surface area contributed by atoms with E-state index in [1.807, 2.05) is 12.1 Å². The van der Waals surface area contributed by atoms with Crippen LogP contribution in [0.15, 0.2) is 120 Å². The van der Waals surface area contributed by atoms with E-state index < -0.39 is 34.3 Å². The molecule has 0 fully saturated rings. The van der Waals surface area contributed by atoms with E-state index in [9.17, 15) is 15.8 Å². The molecule has 3 aromatic heterocycles. The summed E-state index contributed by atoms with van der Waals surface area (Å²) in [6.45, 7) is 4.56. The molecule has 0 N–H and O–H groups in total. The van der Waals surface area contributed by atoms with Crippen molar-refractivity contribution in [1.29, 1.82) is 15.8 Å². The topological polar surface area (TPSA) is 85.5 Å². The first-order chi connectivity index (χ1) is 25.0. The first kappa shape index (κ1) is 33.3. The van der Waals surface area contributed by atoms with Gasteiger partial charge in [0, 0.05) is 0 Å². The maximum absolute atomic E-state index is 15.1. The summed E-state index contributed by atoms with van der Waals surface area (Å²) in [6.07, 6.45) is 1.81.